The highest BCUT2D eigenvalue weighted by atomic mass is 32.1. The first-order valence-corrected chi connectivity index (χ1v) is 15.5. The molecule has 0 radical (unpaired) electrons. The largest absolute Gasteiger partial charge is 0.488 e. The zero-order valence-electron chi connectivity index (χ0n) is 25.0. The van der Waals surface area contributed by atoms with Gasteiger partial charge in [-0.25, -0.2) is 9.78 Å². The molecule has 3 heterocycles. The molecule has 1 aromatic heterocycles. The molecule has 224 valence electrons. The van der Waals surface area contributed by atoms with Gasteiger partial charge in [-0.1, -0.05) is 29.8 Å². The minimum absolute atomic E-state index is 0.0828. The van der Waals surface area contributed by atoms with Gasteiger partial charge in [0.15, 0.2) is 5.13 Å². The number of urea groups is 1. The number of carboxylic acid groups (broad SMARTS) is 1. The van der Waals surface area contributed by atoms with Gasteiger partial charge in [0.1, 0.15) is 12.4 Å². The zero-order valence-corrected chi connectivity index (χ0v) is 25.8. The van der Waals surface area contributed by atoms with Crippen molar-refractivity contribution in [2.24, 2.45) is 5.92 Å². The van der Waals surface area contributed by atoms with Crippen molar-refractivity contribution >= 4 is 28.5 Å². The van der Waals surface area contributed by atoms with Crippen molar-refractivity contribution < 1.29 is 19.4 Å². The average Bonchev–Trinajstić information content (AvgIpc) is 3.47. The van der Waals surface area contributed by atoms with Crippen LogP contribution in [0.1, 0.15) is 35.1 Å². The highest BCUT2D eigenvalue weighted by Gasteiger charge is 2.26. The first kappa shape index (κ1) is 29.8. The molecule has 2 aliphatic rings. The Bertz CT molecular complexity index is 1410. The van der Waals surface area contributed by atoms with Gasteiger partial charge in [0.05, 0.1) is 11.6 Å². The van der Waals surface area contributed by atoms with Gasteiger partial charge in [-0.15, -0.1) is 11.3 Å². The number of piperazine rings is 1. The molecule has 9 nitrogen and oxygen atoms in total. The summed E-state index contributed by atoms with van der Waals surface area (Å²) in [5, 5.41) is 12.3. The van der Waals surface area contributed by atoms with E-state index < -0.39 is 5.97 Å². The van der Waals surface area contributed by atoms with E-state index in [9.17, 15) is 14.7 Å². The van der Waals surface area contributed by atoms with Gasteiger partial charge in [-0.3, -0.25) is 9.69 Å². The Balaban J connectivity index is 1.20. The molecule has 10 heteroatoms. The number of benzene rings is 2. The number of carboxylic acids is 1. The third-order valence-electron chi connectivity index (χ3n) is 8.24. The average molecular weight is 592 g/mol. The topological polar surface area (TPSA) is 89.5 Å². The second-order valence-corrected chi connectivity index (χ2v) is 12.4. The van der Waals surface area contributed by atoms with Gasteiger partial charge >= 0.3 is 12.0 Å². The quantitative estimate of drug-likeness (QED) is 0.390. The summed E-state index contributed by atoms with van der Waals surface area (Å²) in [6, 6.07) is 12.9. The molecule has 0 aliphatic carbocycles. The van der Waals surface area contributed by atoms with Crippen molar-refractivity contribution in [3.05, 3.63) is 64.0 Å². The summed E-state index contributed by atoms with van der Waals surface area (Å²) >= 11 is 1.60. The Morgan fingerprint density at radius 2 is 1.76 bits per heavy atom. The number of carbonyl (C=O) groups is 2. The van der Waals surface area contributed by atoms with E-state index in [-0.39, 0.29) is 11.9 Å². The SMILES string of the molecule is Cc1ccc(OCc2ccc(CN3CCN(C(=O)N(C)C)CC3)cc2C)c(-c2csc(N3CCC(C(=O)O)CC3)n2)c1. The van der Waals surface area contributed by atoms with E-state index in [1.54, 1.807) is 30.3 Å². The standard InChI is InChI=1S/C32H41N5O4S/c1-22-5-8-29(27(17-22)28-21-42-31(33-28)36-11-9-25(10-12-36)30(38)39)41-20-26-7-6-24(18-23(26)2)19-35-13-15-37(16-14-35)32(40)34(3)4/h5-8,17-18,21,25H,9-16,19-20H2,1-4H3,(H,38,39). The maximum atomic E-state index is 12.2. The lowest BCUT2D eigenvalue weighted by molar-refractivity contribution is -0.142. The molecule has 0 atom stereocenters. The monoisotopic (exact) mass is 591 g/mol. The van der Waals surface area contributed by atoms with E-state index in [2.05, 4.69) is 59.4 Å². The van der Waals surface area contributed by atoms with Gasteiger partial charge in [-0.05, 0) is 55.5 Å². The van der Waals surface area contributed by atoms with Crippen LogP contribution in [-0.4, -0.2) is 90.2 Å². The number of amides is 2. The van der Waals surface area contributed by atoms with E-state index >= 15 is 0 Å². The van der Waals surface area contributed by atoms with Crippen LogP contribution >= 0.6 is 11.3 Å². The van der Waals surface area contributed by atoms with Crippen LogP contribution in [0.4, 0.5) is 9.93 Å². The molecular weight excluding hydrogens is 550 g/mol. The first-order valence-electron chi connectivity index (χ1n) is 14.6. The van der Waals surface area contributed by atoms with Gasteiger partial charge in [0.2, 0.25) is 0 Å². The molecule has 2 saturated heterocycles. The molecule has 2 amide bonds. The van der Waals surface area contributed by atoms with E-state index in [1.807, 2.05) is 11.0 Å². The van der Waals surface area contributed by atoms with Crippen LogP contribution in [0.25, 0.3) is 11.3 Å². The number of aliphatic carboxylic acids is 1. The van der Waals surface area contributed by atoms with Crippen LogP contribution in [0.3, 0.4) is 0 Å². The lowest BCUT2D eigenvalue weighted by atomic mass is 9.97. The molecule has 2 aromatic carbocycles. The Hall–Kier alpha value is -3.63. The summed E-state index contributed by atoms with van der Waals surface area (Å²) < 4.78 is 6.39. The van der Waals surface area contributed by atoms with Crippen LogP contribution in [0.15, 0.2) is 41.8 Å². The number of ether oxygens (including phenoxy) is 1. The second kappa shape index (κ2) is 13.1. The maximum absolute atomic E-state index is 12.2. The number of aromatic nitrogens is 1. The Morgan fingerprint density at radius 3 is 2.43 bits per heavy atom. The summed E-state index contributed by atoms with van der Waals surface area (Å²) in [6.45, 7) is 10.2. The minimum Gasteiger partial charge on any atom is -0.488 e. The summed E-state index contributed by atoms with van der Waals surface area (Å²) in [4.78, 5) is 36.6. The van der Waals surface area contributed by atoms with Crippen LogP contribution in [0.5, 0.6) is 5.75 Å². The van der Waals surface area contributed by atoms with Crippen LogP contribution < -0.4 is 9.64 Å². The van der Waals surface area contributed by atoms with E-state index in [4.69, 9.17) is 9.72 Å². The minimum atomic E-state index is -0.700. The van der Waals surface area contributed by atoms with Crippen LogP contribution in [0, 0.1) is 19.8 Å². The molecule has 0 spiro atoms. The number of piperidine rings is 1. The maximum Gasteiger partial charge on any atom is 0.319 e. The first-order chi connectivity index (χ1) is 20.2. The smallest absolute Gasteiger partial charge is 0.319 e. The summed E-state index contributed by atoms with van der Waals surface area (Å²) in [5.74, 6) is -0.157. The predicted molar refractivity (Wildman–Crippen MR) is 166 cm³/mol. The van der Waals surface area contributed by atoms with Gasteiger partial charge < -0.3 is 24.5 Å². The number of thiazole rings is 1. The number of hydrogen-bond acceptors (Lipinski definition) is 7. The van der Waals surface area contributed by atoms with Crippen molar-refractivity contribution in [2.45, 2.75) is 39.8 Å². The normalized spacial score (nSPS) is 16.5. The number of hydrogen-bond donors (Lipinski definition) is 1. The summed E-state index contributed by atoms with van der Waals surface area (Å²) in [7, 11) is 3.60. The summed E-state index contributed by atoms with van der Waals surface area (Å²) in [6.07, 6.45) is 1.30. The molecule has 0 unspecified atom stereocenters. The predicted octanol–water partition coefficient (Wildman–Crippen LogP) is 5.11. The van der Waals surface area contributed by atoms with Crippen molar-refractivity contribution in [3.63, 3.8) is 0 Å². The molecule has 2 aliphatic heterocycles. The Labute approximate surface area is 252 Å². The van der Waals surface area contributed by atoms with Crippen molar-refractivity contribution in [3.8, 4) is 17.0 Å². The molecule has 1 N–H and O–H groups in total. The molecular formula is C32H41N5O4S. The lowest BCUT2D eigenvalue weighted by Gasteiger charge is -2.36. The highest BCUT2D eigenvalue weighted by molar-refractivity contribution is 7.14. The lowest BCUT2D eigenvalue weighted by Crippen LogP contribution is -2.51. The van der Waals surface area contributed by atoms with Crippen LogP contribution in [-0.2, 0) is 17.9 Å². The summed E-state index contributed by atoms with van der Waals surface area (Å²) in [5.41, 5.74) is 6.60. The molecule has 0 saturated carbocycles. The second-order valence-electron chi connectivity index (χ2n) is 11.6. The van der Waals surface area contributed by atoms with Gasteiger partial charge in [0, 0.05) is 70.9 Å². The third-order valence-corrected chi connectivity index (χ3v) is 9.14. The Kier molecular flexibility index (Phi) is 9.33. The number of rotatable bonds is 8. The fourth-order valence-electron chi connectivity index (χ4n) is 5.63. The number of carbonyl (C=O) groups excluding carboxylic acids is 1. The van der Waals surface area contributed by atoms with Crippen molar-refractivity contribution in [1.29, 1.82) is 0 Å². The van der Waals surface area contributed by atoms with Gasteiger partial charge in [0.25, 0.3) is 0 Å². The molecule has 2 fully saturated rings. The third kappa shape index (κ3) is 7.04. The number of aryl methyl sites for hydroxylation is 2. The highest BCUT2D eigenvalue weighted by Crippen LogP contribution is 2.36. The van der Waals surface area contributed by atoms with E-state index in [0.717, 1.165) is 66.0 Å². The Morgan fingerprint density at radius 1 is 1.02 bits per heavy atom. The fourth-order valence-corrected chi connectivity index (χ4v) is 6.51. The number of nitrogens with zero attached hydrogens (tertiary/aromatic N) is 5. The zero-order chi connectivity index (χ0) is 29.8. The van der Waals surface area contributed by atoms with Crippen molar-refractivity contribution in [1.82, 2.24) is 19.7 Å². The van der Waals surface area contributed by atoms with Crippen LogP contribution in [0.2, 0.25) is 0 Å². The van der Waals surface area contributed by atoms with E-state index in [0.29, 0.717) is 32.5 Å². The molecule has 3 aromatic rings. The van der Waals surface area contributed by atoms with E-state index in [1.165, 1.54) is 11.1 Å². The van der Waals surface area contributed by atoms with Crippen molar-refractivity contribution in [2.75, 3.05) is 58.3 Å². The van der Waals surface area contributed by atoms with Gasteiger partial charge in [-0.2, -0.15) is 0 Å². The number of anilines is 1. The molecule has 42 heavy (non-hydrogen) atoms. The fraction of sp³-hybridized carbons (Fsp3) is 0.469. The molecule has 5 rings (SSSR count). The molecule has 0 bridgehead atoms.